The topological polar surface area (TPSA) is 57.6 Å². The number of carbonyl (C=O) groups excluding carboxylic acids is 2. The van der Waals surface area contributed by atoms with E-state index in [0.29, 0.717) is 12.5 Å². The third kappa shape index (κ3) is 5.42. The molecule has 1 N–H and O–H groups in total. The van der Waals surface area contributed by atoms with Gasteiger partial charge < -0.3 is 19.7 Å². The van der Waals surface area contributed by atoms with Gasteiger partial charge in [-0.1, -0.05) is 55.8 Å². The predicted octanol–water partition coefficient (Wildman–Crippen LogP) is 5.79. The Balaban J connectivity index is 1.56. The fourth-order valence-corrected chi connectivity index (χ4v) is 4.62. The van der Waals surface area contributed by atoms with E-state index >= 15 is 0 Å². The molecule has 1 aliphatic rings. The van der Waals surface area contributed by atoms with Gasteiger partial charge in [0.15, 0.2) is 0 Å². The number of aryl methyl sites for hydroxylation is 1. The molecule has 184 valence electrons. The number of amides is 3. The van der Waals surface area contributed by atoms with E-state index in [9.17, 15) is 9.59 Å². The smallest absolute Gasteiger partial charge is 0.322 e. The molecule has 2 heterocycles. The van der Waals surface area contributed by atoms with E-state index in [4.69, 9.17) is 0 Å². The van der Waals surface area contributed by atoms with Gasteiger partial charge in [-0.15, -0.1) is 0 Å². The largest absolute Gasteiger partial charge is 0.348 e. The van der Waals surface area contributed by atoms with Crippen LogP contribution < -0.4 is 5.32 Å². The van der Waals surface area contributed by atoms with Gasteiger partial charge in [-0.05, 0) is 62.1 Å². The molecule has 3 amide bonds. The van der Waals surface area contributed by atoms with Gasteiger partial charge >= 0.3 is 6.03 Å². The maximum atomic E-state index is 13.7. The van der Waals surface area contributed by atoms with Crippen molar-refractivity contribution in [2.45, 2.75) is 59.2 Å². The molecule has 35 heavy (non-hydrogen) atoms. The maximum absolute atomic E-state index is 13.7. The number of nitrogens with zero attached hydrogens (tertiary/aromatic N) is 3. The number of rotatable bonds is 6. The zero-order chi connectivity index (χ0) is 25.1. The Morgan fingerprint density at radius 2 is 1.66 bits per heavy atom. The first-order valence-corrected chi connectivity index (χ1v) is 12.4. The number of benzene rings is 2. The monoisotopic (exact) mass is 472 g/mol. The Kier molecular flexibility index (Phi) is 7.29. The number of anilines is 1. The highest BCUT2D eigenvalue weighted by Gasteiger charge is 2.34. The number of fused-ring (bicyclic) bond motifs is 1. The molecule has 0 saturated carbocycles. The Labute approximate surface area is 208 Å². The zero-order valence-electron chi connectivity index (χ0n) is 21.4. The van der Waals surface area contributed by atoms with Crippen LogP contribution in [0, 0.1) is 6.92 Å². The van der Waals surface area contributed by atoms with Gasteiger partial charge in [0, 0.05) is 36.7 Å². The van der Waals surface area contributed by atoms with Crippen LogP contribution in [-0.4, -0.2) is 45.4 Å². The Morgan fingerprint density at radius 1 is 0.971 bits per heavy atom. The van der Waals surface area contributed by atoms with Gasteiger partial charge in [0.25, 0.3) is 0 Å². The first-order chi connectivity index (χ1) is 16.7. The molecule has 1 atom stereocenters. The number of nitrogens with one attached hydrogen (secondary N) is 1. The van der Waals surface area contributed by atoms with Crippen LogP contribution in [0.25, 0.3) is 0 Å². The van der Waals surface area contributed by atoms with E-state index in [-0.39, 0.29) is 30.6 Å². The van der Waals surface area contributed by atoms with Crippen LogP contribution >= 0.6 is 0 Å². The average molecular weight is 473 g/mol. The first kappa shape index (κ1) is 24.6. The summed E-state index contributed by atoms with van der Waals surface area (Å²) in [6.07, 6.45) is 2.07. The highest BCUT2D eigenvalue weighted by Crippen LogP contribution is 2.33. The molecule has 3 aromatic rings. The van der Waals surface area contributed by atoms with E-state index < -0.39 is 0 Å². The molecule has 6 heteroatoms. The SMILES string of the molecule is Cc1ccc(NC(=O)N(CC(=O)N2CCn3cccc3C2c2ccc(C(C)C)cc2)C(C)C)cc1. The van der Waals surface area contributed by atoms with Gasteiger partial charge in [-0.3, -0.25) is 4.79 Å². The molecule has 0 aliphatic carbocycles. The molecule has 1 aliphatic heterocycles. The van der Waals surface area contributed by atoms with Crippen molar-refractivity contribution in [3.8, 4) is 0 Å². The summed E-state index contributed by atoms with van der Waals surface area (Å²) in [6.45, 7) is 11.6. The highest BCUT2D eigenvalue weighted by molar-refractivity contribution is 5.92. The van der Waals surface area contributed by atoms with Gasteiger partial charge in [0.2, 0.25) is 5.91 Å². The molecule has 6 nitrogen and oxygen atoms in total. The Bertz CT molecular complexity index is 1160. The lowest BCUT2D eigenvalue weighted by atomic mass is 9.95. The van der Waals surface area contributed by atoms with Crippen molar-refractivity contribution in [1.29, 1.82) is 0 Å². The fourth-order valence-electron chi connectivity index (χ4n) is 4.62. The van der Waals surface area contributed by atoms with Gasteiger partial charge in [0.1, 0.15) is 6.54 Å². The molecule has 0 bridgehead atoms. The summed E-state index contributed by atoms with van der Waals surface area (Å²) in [4.78, 5) is 30.3. The van der Waals surface area contributed by atoms with Crippen LogP contribution in [0.15, 0.2) is 66.9 Å². The maximum Gasteiger partial charge on any atom is 0.322 e. The molecule has 4 rings (SSSR count). The summed E-state index contributed by atoms with van der Waals surface area (Å²) in [7, 11) is 0. The van der Waals surface area contributed by atoms with Crippen LogP contribution in [0.2, 0.25) is 0 Å². The third-order valence-electron chi connectivity index (χ3n) is 6.77. The van der Waals surface area contributed by atoms with Gasteiger partial charge in [0.05, 0.1) is 6.04 Å². The molecule has 0 fully saturated rings. The lowest BCUT2D eigenvalue weighted by Crippen LogP contribution is -2.50. The number of carbonyl (C=O) groups is 2. The molecule has 0 saturated heterocycles. The molecule has 1 aromatic heterocycles. The van der Waals surface area contributed by atoms with E-state index in [0.717, 1.165) is 29.1 Å². The highest BCUT2D eigenvalue weighted by atomic mass is 16.2. The zero-order valence-corrected chi connectivity index (χ0v) is 21.4. The molecule has 1 unspecified atom stereocenters. The quantitative estimate of drug-likeness (QED) is 0.493. The van der Waals surface area contributed by atoms with E-state index in [1.807, 2.05) is 56.0 Å². The Morgan fingerprint density at radius 3 is 2.29 bits per heavy atom. The van der Waals surface area contributed by atoms with Crippen molar-refractivity contribution in [2.75, 3.05) is 18.4 Å². The van der Waals surface area contributed by atoms with Crippen molar-refractivity contribution < 1.29 is 9.59 Å². The number of aromatic nitrogens is 1. The summed E-state index contributed by atoms with van der Waals surface area (Å²) >= 11 is 0. The predicted molar refractivity (Wildman–Crippen MR) is 141 cm³/mol. The third-order valence-corrected chi connectivity index (χ3v) is 6.77. The summed E-state index contributed by atoms with van der Waals surface area (Å²) in [5.74, 6) is 0.395. The van der Waals surface area contributed by atoms with Gasteiger partial charge in [-0.2, -0.15) is 0 Å². The number of hydrogen-bond donors (Lipinski definition) is 1. The first-order valence-electron chi connectivity index (χ1n) is 12.4. The summed E-state index contributed by atoms with van der Waals surface area (Å²) in [5.41, 5.74) is 5.31. The second kappa shape index (κ2) is 10.4. The lowest BCUT2D eigenvalue weighted by molar-refractivity contribution is -0.134. The van der Waals surface area contributed by atoms with E-state index in [1.165, 1.54) is 5.56 Å². The minimum atomic E-state index is -0.268. The molecule has 0 radical (unpaired) electrons. The molecule has 0 spiro atoms. The fraction of sp³-hybridized carbons (Fsp3) is 0.379. The minimum Gasteiger partial charge on any atom is -0.348 e. The standard InChI is InChI=1S/C29H36N4O2/c1-20(2)23-10-12-24(13-11-23)28-26-7-6-16-31(26)17-18-32(28)27(34)19-33(21(3)4)29(35)30-25-14-8-22(5)9-15-25/h6-16,20-21,28H,17-19H2,1-5H3,(H,30,35). The van der Waals surface area contributed by atoms with Crippen molar-refractivity contribution in [2.24, 2.45) is 0 Å². The van der Waals surface area contributed by atoms with Crippen LogP contribution in [0.4, 0.5) is 10.5 Å². The number of hydrogen-bond acceptors (Lipinski definition) is 2. The van der Waals surface area contributed by atoms with Crippen molar-refractivity contribution in [3.63, 3.8) is 0 Å². The number of urea groups is 1. The van der Waals surface area contributed by atoms with Crippen molar-refractivity contribution in [3.05, 3.63) is 89.2 Å². The summed E-state index contributed by atoms with van der Waals surface area (Å²) < 4.78 is 2.22. The van der Waals surface area contributed by atoms with Crippen LogP contribution in [0.5, 0.6) is 0 Å². The summed E-state index contributed by atoms with van der Waals surface area (Å²) in [5, 5.41) is 2.94. The summed E-state index contributed by atoms with van der Waals surface area (Å²) in [6, 6.07) is 19.8. The average Bonchev–Trinajstić information content (AvgIpc) is 3.32. The normalized spacial score (nSPS) is 15.3. The lowest BCUT2D eigenvalue weighted by Gasteiger charge is -2.39. The molecule has 2 aromatic carbocycles. The van der Waals surface area contributed by atoms with E-state index in [1.54, 1.807) is 4.90 Å². The molecular weight excluding hydrogens is 436 g/mol. The second-order valence-electron chi connectivity index (χ2n) is 9.96. The van der Waals surface area contributed by atoms with E-state index in [2.05, 4.69) is 60.3 Å². The molecular formula is C29H36N4O2. The second-order valence-corrected chi connectivity index (χ2v) is 9.96. The van der Waals surface area contributed by atoms with Gasteiger partial charge in [-0.25, -0.2) is 4.79 Å². The minimum absolute atomic E-state index is 0.0245. The van der Waals surface area contributed by atoms with Crippen LogP contribution in [0.3, 0.4) is 0 Å². The van der Waals surface area contributed by atoms with Crippen molar-refractivity contribution >= 4 is 17.6 Å². The van der Waals surface area contributed by atoms with Crippen molar-refractivity contribution in [1.82, 2.24) is 14.4 Å². The van der Waals surface area contributed by atoms with Crippen LogP contribution in [-0.2, 0) is 11.3 Å². The van der Waals surface area contributed by atoms with Crippen LogP contribution in [0.1, 0.15) is 62.0 Å². The Hall–Kier alpha value is -3.54.